The van der Waals surface area contributed by atoms with Gasteiger partial charge in [-0.2, -0.15) is 0 Å². The van der Waals surface area contributed by atoms with E-state index in [9.17, 15) is 5.11 Å². The normalized spacial score (nSPS) is 29.3. The molecule has 0 saturated carbocycles. The molecule has 3 rings (SSSR count). The van der Waals surface area contributed by atoms with Crippen LogP contribution in [0.3, 0.4) is 0 Å². The van der Waals surface area contributed by atoms with Crippen LogP contribution in [0.1, 0.15) is 42.6 Å². The Morgan fingerprint density at radius 3 is 3.19 bits per heavy atom. The fourth-order valence-corrected chi connectivity index (χ4v) is 2.87. The third kappa shape index (κ3) is 1.66. The maximum absolute atomic E-state index is 9.35. The van der Waals surface area contributed by atoms with E-state index < -0.39 is 0 Å². The molecular formula is C12H19N3O. The summed E-state index contributed by atoms with van der Waals surface area (Å²) in [6.45, 7) is 3.47. The molecule has 2 aliphatic rings. The van der Waals surface area contributed by atoms with Crippen LogP contribution in [0.15, 0.2) is 6.20 Å². The monoisotopic (exact) mass is 221 g/mol. The zero-order chi connectivity index (χ0) is 11.0. The van der Waals surface area contributed by atoms with Gasteiger partial charge in [-0.15, -0.1) is 0 Å². The molecule has 4 nitrogen and oxygen atoms in total. The van der Waals surface area contributed by atoms with E-state index in [0.29, 0.717) is 5.92 Å². The molecule has 88 valence electrons. The molecule has 2 atom stereocenters. The van der Waals surface area contributed by atoms with Crippen molar-refractivity contribution in [1.82, 2.24) is 14.9 Å². The molecule has 0 spiro atoms. The van der Waals surface area contributed by atoms with E-state index in [0.717, 1.165) is 38.3 Å². The number of aromatic nitrogens is 2. The van der Waals surface area contributed by atoms with Crippen LogP contribution in [0.25, 0.3) is 0 Å². The van der Waals surface area contributed by atoms with Gasteiger partial charge in [-0.1, -0.05) is 0 Å². The van der Waals surface area contributed by atoms with E-state index >= 15 is 0 Å². The third-order valence-corrected chi connectivity index (χ3v) is 3.84. The first-order chi connectivity index (χ1) is 7.88. The van der Waals surface area contributed by atoms with Crippen molar-refractivity contribution in [2.45, 2.75) is 37.6 Å². The van der Waals surface area contributed by atoms with E-state index in [1.54, 1.807) is 0 Å². The van der Waals surface area contributed by atoms with Crippen molar-refractivity contribution in [2.75, 3.05) is 19.7 Å². The third-order valence-electron chi connectivity index (χ3n) is 3.84. The van der Waals surface area contributed by atoms with Gasteiger partial charge in [-0.05, 0) is 25.8 Å². The second-order valence-corrected chi connectivity index (χ2v) is 4.93. The average molecular weight is 221 g/mol. The SMILES string of the molecule is OCC1CCCn2cc(C3CCNC3)nc21. The number of hydrogen-bond donors (Lipinski definition) is 2. The van der Waals surface area contributed by atoms with Crippen molar-refractivity contribution in [3.05, 3.63) is 17.7 Å². The Labute approximate surface area is 95.7 Å². The average Bonchev–Trinajstić information content (AvgIpc) is 2.96. The fourth-order valence-electron chi connectivity index (χ4n) is 2.87. The van der Waals surface area contributed by atoms with Gasteiger partial charge in [-0.3, -0.25) is 0 Å². The van der Waals surface area contributed by atoms with Crippen LogP contribution in [-0.2, 0) is 6.54 Å². The van der Waals surface area contributed by atoms with E-state index in [4.69, 9.17) is 4.98 Å². The minimum Gasteiger partial charge on any atom is -0.396 e. The lowest BCUT2D eigenvalue weighted by Crippen LogP contribution is -2.18. The van der Waals surface area contributed by atoms with Crippen LogP contribution in [0.4, 0.5) is 0 Å². The first kappa shape index (κ1) is 10.3. The smallest absolute Gasteiger partial charge is 0.114 e. The first-order valence-corrected chi connectivity index (χ1v) is 6.27. The Balaban J connectivity index is 1.89. The molecule has 1 aromatic rings. The van der Waals surface area contributed by atoms with Gasteiger partial charge in [0.2, 0.25) is 0 Å². The van der Waals surface area contributed by atoms with E-state index in [1.807, 2.05) is 0 Å². The number of aliphatic hydroxyl groups is 1. The highest BCUT2D eigenvalue weighted by Crippen LogP contribution is 2.29. The number of hydrogen-bond acceptors (Lipinski definition) is 3. The molecule has 1 aromatic heterocycles. The highest BCUT2D eigenvalue weighted by molar-refractivity contribution is 5.15. The molecule has 1 fully saturated rings. The van der Waals surface area contributed by atoms with Gasteiger partial charge >= 0.3 is 0 Å². The van der Waals surface area contributed by atoms with Gasteiger partial charge in [0.05, 0.1) is 12.3 Å². The summed E-state index contributed by atoms with van der Waals surface area (Å²) < 4.78 is 2.25. The van der Waals surface area contributed by atoms with Crippen molar-refractivity contribution in [3.63, 3.8) is 0 Å². The van der Waals surface area contributed by atoms with Gasteiger partial charge in [0, 0.05) is 31.1 Å². The van der Waals surface area contributed by atoms with E-state index in [2.05, 4.69) is 16.1 Å². The fraction of sp³-hybridized carbons (Fsp3) is 0.750. The summed E-state index contributed by atoms with van der Waals surface area (Å²) in [6.07, 6.45) is 5.64. The van der Waals surface area contributed by atoms with E-state index in [-0.39, 0.29) is 12.5 Å². The molecule has 0 amide bonds. The van der Waals surface area contributed by atoms with Crippen LogP contribution in [0, 0.1) is 0 Å². The number of nitrogens with one attached hydrogen (secondary N) is 1. The summed E-state index contributed by atoms with van der Waals surface area (Å²) in [5.41, 5.74) is 1.22. The zero-order valence-corrected chi connectivity index (χ0v) is 9.52. The minimum atomic E-state index is 0.235. The van der Waals surface area contributed by atoms with Crippen molar-refractivity contribution in [2.24, 2.45) is 0 Å². The lowest BCUT2D eigenvalue weighted by Gasteiger charge is -2.21. The molecule has 0 aromatic carbocycles. The van der Waals surface area contributed by atoms with Gasteiger partial charge in [0.25, 0.3) is 0 Å². The van der Waals surface area contributed by atoms with Crippen molar-refractivity contribution in [3.8, 4) is 0 Å². The van der Waals surface area contributed by atoms with Crippen molar-refractivity contribution < 1.29 is 5.11 Å². The maximum Gasteiger partial charge on any atom is 0.114 e. The van der Waals surface area contributed by atoms with Gasteiger partial charge < -0.3 is 15.0 Å². The van der Waals surface area contributed by atoms with Crippen molar-refractivity contribution in [1.29, 1.82) is 0 Å². The van der Waals surface area contributed by atoms with Crippen molar-refractivity contribution >= 4 is 0 Å². The number of aryl methyl sites for hydroxylation is 1. The van der Waals surface area contributed by atoms with Gasteiger partial charge in [0.15, 0.2) is 0 Å². The molecule has 1 saturated heterocycles. The van der Waals surface area contributed by atoms with E-state index in [1.165, 1.54) is 12.1 Å². The number of fused-ring (bicyclic) bond motifs is 1. The molecule has 0 radical (unpaired) electrons. The first-order valence-electron chi connectivity index (χ1n) is 6.27. The van der Waals surface area contributed by atoms with Crippen LogP contribution >= 0.6 is 0 Å². The molecule has 0 bridgehead atoms. The number of nitrogens with zero attached hydrogens (tertiary/aromatic N) is 2. The topological polar surface area (TPSA) is 50.1 Å². The standard InChI is InChI=1S/C12H19N3O/c16-8-10-2-1-5-15-7-11(14-12(10)15)9-3-4-13-6-9/h7,9-10,13,16H,1-6,8H2. The molecule has 2 unspecified atom stereocenters. The number of imidazole rings is 1. The highest BCUT2D eigenvalue weighted by atomic mass is 16.3. The van der Waals surface area contributed by atoms with Crippen LogP contribution < -0.4 is 5.32 Å². The Morgan fingerprint density at radius 1 is 1.50 bits per heavy atom. The summed E-state index contributed by atoms with van der Waals surface area (Å²) in [5, 5.41) is 12.7. The number of aliphatic hydroxyl groups excluding tert-OH is 1. The lowest BCUT2D eigenvalue weighted by molar-refractivity contribution is 0.238. The molecule has 2 N–H and O–H groups in total. The Kier molecular flexibility index (Phi) is 2.69. The predicted molar refractivity (Wildman–Crippen MR) is 61.5 cm³/mol. The largest absolute Gasteiger partial charge is 0.396 e. The lowest BCUT2D eigenvalue weighted by atomic mass is 10.0. The molecule has 16 heavy (non-hydrogen) atoms. The summed E-state index contributed by atoms with van der Waals surface area (Å²) in [6, 6.07) is 0. The predicted octanol–water partition coefficient (Wildman–Crippen LogP) is 0.830. The second kappa shape index (κ2) is 4.18. The summed E-state index contributed by atoms with van der Waals surface area (Å²) >= 11 is 0. The summed E-state index contributed by atoms with van der Waals surface area (Å²) in [7, 11) is 0. The Morgan fingerprint density at radius 2 is 2.44 bits per heavy atom. The highest BCUT2D eigenvalue weighted by Gasteiger charge is 2.26. The Bertz CT molecular complexity index is 368. The second-order valence-electron chi connectivity index (χ2n) is 4.93. The van der Waals surface area contributed by atoms with Gasteiger partial charge in [-0.25, -0.2) is 4.98 Å². The molecular weight excluding hydrogens is 202 g/mol. The Hall–Kier alpha value is -0.870. The maximum atomic E-state index is 9.35. The zero-order valence-electron chi connectivity index (χ0n) is 9.52. The van der Waals surface area contributed by atoms with Crippen LogP contribution in [-0.4, -0.2) is 34.4 Å². The molecule has 0 aliphatic carbocycles. The number of rotatable bonds is 2. The van der Waals surface area contributed by atoms with Crippen LogP contribution in [0.2, 0.25) is 0 Å². The molecule has 3 heterocycles. The molecule has 2 aliphatic heterocycles. The summed E-state index contributed by atoms with van der Waals surface area (Å²) in [4.78, 5) is 4.75. The van der Waals surface area contributed by atoms with Gasteiger partial charge in [0.1, 0.15) is 5.82 Å². The minimum absolute atomic E-state index is 0.235. The quantitative estimate of drug-likeness (QED) is 0.777. The molecule has 4 heteroatoms. The van der Waals surface area contributed by atoms with Crippen LogP contribution in [0.5, 0.6) is 0 Å². The summed E-state index contributed by atoms with van der Waals surface area (Å²) in [5.74, 6) is 1.95.